The molecule has 0 heterocycles. The van der Waals surface area contributed by atoms with Gasteiger partial charge in [-0.15, -0.1) is 0 Å². The van der Waals surface area contributed by atoms with Gasteiger partial charge in [0, 0.05) is 5.69 Å². The number of nitrogens with one attached hydrogen (secondary N) is 1. The highest BCUT2D eigenvalue weighted by Gasteiger charge is 2.12. The highest BCUT2D eigenvalue weighted by atomic mass is 16.3. The standard InChI is InChI=1S/C12H18N2O2/c1-4-9(13)12(16)14-10-5-8(3)11(15)6-7(10)2/h5-6,9,15H,4,13H2,1-3H3,(H,14,16). The van der Waals surface area contributed by atoms with E-state index in [4.69, 9.17) is 5.73 Å². The lowest BCUT2D eigenvalue weighted by molar-refractivity contribution is -0.117. The van der Waals surface area contributed by atoms with E-state index in [9.17, 15) is 9.90 Å². The highest BCUT2D eigenvalue weighted by Crippen LogP contribution is 2.24. The molecule has 88 valence electrons. The summed E-state index contributed by atoms with van der Waals surface area (Å²) >= 11 is 0. The smallest absolute Gasteiger partial charge is 0.241 e. The minimum atomic E-state index is -0.492. The van der Waals surface area contributed by atoms with E-state index in [0.717, 1.165) is 11.1 Å². The fourth-order valence-electron chi connectivity index (χ4n) is 1.35. The van der Waals surface area contributed by atoms with Gasteiger partial charge in [0.1, 0.15) is 5.75 Å². The number of nitrogens with two attached hydrogens (primary N) is 1. The van der Waals surface area contributed by atoms with E-state index in [-0.39, 0.29) is 11.7 Å². The quantitative estimate of drug-likeness (QED) is 0.681. The van der Waals surface area contributed by atoms with Crippen LogP contribution in [0.1, 0.15) is 24.5 Å². The van der Waals surface area contributed by atoms with Crippen molar-refractivity contribution < 1.29 is 9.90 Å². The summed E-state index contributed by atoms with van der Waals surface area (Å²) in [4.78, 5) is 11.6. The number of aromatic hydroxyl groups is 1. The van der Waals surface area contributed by atoms with E-state index in [1.165, 1.54) is 0 Å². The fourth-order valence-corrected chi connectivity index (χ4v) is 1.35. The van der Waals surface area contributed by atoms with Crippen LogP contribution in [0.2, 0.25) is 0 Å². The Balaban J connectivity index is 2.90. The van der Waals surface area contributed by atoms with Gasteiger partial charge in [-0.1, -0.05) is 6.92 Å². The molecule has 4 heteroatoms. The number of rotatable bonds is 3. The average Bonchev–Trinajstić information content (AvgIpc) is 2.24. The summed E-state index contributed by atoms with van der Waals surface area (Å²) in [6, 6.07) is 2.88. The van der Waals surface area contributed by atoms with Crippen LogP contribution in [0.4, 0.5) is 5.69 Å². The number of hydrogen-bond acceptors (Lipinski definition) is 3. The molecule has 1 amide bonds. The number of amides is 1. The van der Waals surface area contributed by atoms with Crippen LogP contribution in [0, 0.1) is 13.8 Å². The molecular formula is C12H18N2O2. The first-order chi connectivity index (χ1) is 7.45. The zero-order chi connectivity index (χ0) is 12.3. The molecule has 0 aromatic heterocycles. The Hall–Kier alpha value is -1.55. The lowest BCUT2D eigenvalue weighted by atomic mass is 10.1. The molecule has 1 unspecified atom stereocenters. The first-order valence-corrected chi connectivity index (χ1v) is 5.32. The molecule has 0 fully saturated rings. The summed E-state index contributed by atoms with van der Waals surface area (Å²) in [5.74, 6) is 0.0333. The highest BCUT2D eigenvalue weighted by molar-refractivity contribution is 5.95. The molecule has 0 bridgehead atoms. The van der Waals surface area contributed by atoms with E-state index >= 15 is 0 Å². The van der Waals surface area contributed by atoms with Crippen molar-refractivity contribution in [3.05, 3.63) is 23.3 Å². The molecule has 16 heavy (non-hydrogen) atoms. The molecule has 0 radical (unpaired) electrons. The molecule has 1 aromatic carbocycles. The molecule has 0 saturated heterocycles. The molecule has 0 spiro atoms. The number of carbonyl (C=O) groups is 1. The summed E-state index contributed by atoms with van der Waals surface area (Å²) in [5, 5.41) is 12.2. The molecule has 0 saturated carbocycles. The second-order valence-electron chi connectivity index (χ2n) is 3.96. The minimum absolute atomic E-state index is 0.198. The van der Waals surface area contributed by atoms with Crippen molar-refractivity contribution in [2.45, 2.75) is 33.2 Å². The van der Waals surface area contributed by atoms with Gasteiger partial charge in [-0.25, -0.2) is 0 Å². The third kappa shape index (κ3) is 2.73. The molecule has 1 aromatic rings. The van der Waals surface area contributed by atoms with Crippen molar-refractivity contribution in [2.24, 2.45) is 5.73 Å². The van der Waals surface area contributed by atoms with E-state index in [0.29, 0.717) is 12.1 Å². The maximum Gasteiger partial charge on any atom is 0.241 e. The molecule has 1 atom stereocenters. The van der Waals surface area contributed by atoms with Gasteiger partial charge < -0.3 is 16.2 Å². The Bertz CT molecular complexity index is 402. The molecule has 0 aliphatic rings. The van der Waals surface area contributed by atoms with Crippen molar-refractivity contribution in [1.82, 2.24) is 0 Å². The van der Waals surface area contributed by atoms with Crippen LogP contribution < -0.4 is 11.1 Å². The number of phenolic OH excluding ortho intramolecular Hbond substituents is 1. The van der Waals surface area contributed by atoms with E-state index < -0.39 is 6.04 Å². The summed E-state index contributed by atoms with van der Waals surface area (Å²) in [6.07, 6.45) is 0.599. The fraction of sp³-hybridized carbons (Fsp3) is 0.417. The van der Waals surface area contributed by atoms with Crippen molar-refractivity contribution >= 4 is 11.6 Å². The van der Waals surface area contributed by atoms with E-state index in [1.807, 2.05) is 13.8 Å². The maximum atomic E-state index is 11.6. The number of aryl methyl sites for hydroxylation is 2. The zero-order valence-corrected chi connectivity index (χ0v) is 9.87. The van der Waals surface area contributed by atoms with Gasteiger partial charge in [-0.2, -0.15) is 0 Å². The third-order valence-electron chi connectivity index (χ3n) is 2.58. The third-order valence-corrected chi connectivity index (χ3v) is 2.58. The largest absolute Gasteiger partial charge is 0.508 e. The Morgan fingerprint density at radius 3 is 2.62 bits per heavy atom. The molecule has 4 nitrogen and oxygen atoms in total. The van der Waals surface area contributed by atoms with Crippen molar-refractivity contribution in [3.8, 4) is 5.75 Å². The number of hydrogen-bond donors (Lipinski definition) is 3. The van der Waals surface area contributed by atoms with Crippen LogP contribution in [0.3, 0.4) is 0 Å². The first-order valence-electron chi connectivity index (χ1n) is 5.32. The summed E-state index contributed by atoms with van der Waals surface area (Å²) in [6.45, 7) is 5.47. The maximum absolute atomic E-state index is 11.6. The van der Waals surface area contributed by atoms with E-state index in [2.05, 4.69) is 5.32 Å². The van der Waals surface area contributed by atoms with Gasteiger partial charge in [-0.05, 0) is 43.5 Å². The first kappa shape index (κ1) is 12.5. The molecule has 1 rings (SSSR count). The van der Waals surface area contributed by atoms with Crippen molar-refractivity contribution in [3.63, 3.8) is 0 Å². The summed E-state index contributed by atoms with van der Waals surface area (Å²) in [5.41, 5.74) is 7.87. The monoisotopic (exact) mass is 222 g/mol. The van der Waals surface area contributed by atoms with Gasteiger partial charge in [0.15, 0.2) is 0 Å². The van der Waals surface area contributed by atoms with Gasteiger partial charge in [-0.3, -0.25) is 4.79 Å². The van der Waals surface area contributed by atoms with Crippen LogP contribution in [0.25, 0.3) is 0 Å². The van der Waals surface area contributed by atoms with Crippen LogP contribution in [-0.4, -0.2) is 17.1 Å². The lowest BCUT2D eigenvalue weighted by Gasteiger charge is -2.13. The number of phenols is 1. The van der Waals surface area contributed by atoms with Gasteiger partial charge in [0.25, 0.3) is 0 Å². The molecule has 0 aliphatic carbocycles. The number of benzene rings is 1. The zero-order valence-electron chi connectivity index (χ0n) is 9.87. The average molecular weight is 222 g/mol. The predicted octanol–water partition coefficient (Wildman–Crippen LogP) is 1.68. The Morgan fingerprint density at radius 2 is 2.06 bits per heavy atom. The summed E-state index contributed by atoms with van der Waals surface area (Å²) < 4.78 is 0. The Kier molecular flexibility index (Phi) is 3.90. The van der Waals surface area contributed by atoms with E-state index in [1.54, 1.807) is 19.1 Å². The minimum Gasteiger partial charge on any atom is -0.508 e. The SMILES string of the molecule is CCC(N)C(=O)Nc1cc(C)c(O)cc1C. The second-order valence-corrected chi connectivity index (χ2v) is 3.96. The summed E-state index contributed by atoms with van der Waals surface area (Å²) in [7, 11) is 0. The topological polar surface area (TPSA) is 75.4 Å². The number of carbonyl (C=O) groups excluding carboxylic acids is 1. The second kappa shape index (κ2) is 4.99. The van der Waals surface area contributed by atoms with Crippen molar-refractivity contribution in [2.75, 3.05) is 5.32 Å². The Labute approximate surface area is 95.5 Å². The Morgan fingerprint density at radius 1 is 1.44 bits per heavy atom. The van der Waals surface area contributed by atoms with Crippen LogP contribution in [0.5, 0.6) is 5.75 Å². The molecule has 4 N–H and O–H groups in total. The van der Waals surface area contributed by atoms with Crippen LogP contribution in [-0.2, 0) is 4.79 Å². The lowest BCUT2D eigenvalue weighted by Crippen LogP contribution is -2.35. The van der Waals surface area contributed by atoms with Crippen LogP contribution in [0.15, 0.2) is 12.1 Å². The van der Waals surface area contributed by atoms with Gasteiger partial charge in [0.2, 0.25) is 5.91 Å². The van der Waals surface area contributed by atoms with Gasteiger partial charge >= 0.3 is 0 Å². The van der Waals surface area contributed by atoms with Crippen molar-refractivity contribution in [1.29, 1.82) is 0 Å². The normalized spacial score (nSPS) is 12.2. The molecular weight excluding hydrogens is 204 g/mol. The van der Waals surface area contributed by atoms with Crippen LogP contribution >= 0.6 is 0 Å². The molecule has 0 aliphatic heterocycles. The van der Waals surface area contributed by atoms with Gasteiger partial charge in [0.05, 0.1) is 6.04 Å². The number of anilines is 1. The predicted molar refractivity (Wildman–Crippen MR) is 64.5 cm³/mol.